The van der Waals surface area contributed by atoms with Crippen molar-refractivity contribution in [1.82, 2.24) is 4.98 Å². The van der Waals surface area contributed by atoms with Gasteiger partial charge in [-0.05, 0) is 4.92 Å². The van der Waals surface area contributed by atoms with Crippen molar-refractivity contribution in [2.24, 2.45) is 0 Å². The van der Waals surface area contributed by atoms with E-state index in [1.54, 1.807) is 0 Å². The predicted octanol–water partition coefficient (Wildman–Crippen LogP) is 3.81. The summed E-state index contributed by atoms with van der Waals surface area (Å²) < 4.78 is 0. The Labute approximate surface area is 120 Å². The second-order valence-corrected chi connectivity index (χ2v) is 4.77. The fraction of sp³-hybridized carbons (Fsp3) is 0.111. The van der Waals surface area contributed by atoms with Crippen LogP contribution in [0.15, 0.2) is 6.07 Å². The topological polar surface area (TPSA) is 102 Å². The van der Waals surface area contributed by atoms with Gasteiger partial charge >= 0.3 is 5.82 Å². The Kier molecular flexibility index (Phi) is 3.53. The minimum Gasteiger partial charge on any atom is -0.358 e. The molecule has 0 unspecified atom stereocenters. The average molecular weight is 325 g/mol. The molecule has 1 N–H and O–H groups in total. The van der Waals surface area contributed by atoms with Gasteiger partial charge in [-0.1, -0.05) is 34.8 Å². The third-order valence-electron chi connectivity index (χ3n) is 2.47. The summed E-state index contributed by atoms with van der Waals surface area (Å²) in [4.78, 5) is 22.5. The number of fused-ring (bicyclic) bond motifs is 1. The highest BCUT2D eigenvalue weighted by Gasteiger charge is 2.28. The van der Waals surface area contributed by atoms with Gasteiger partial charge in [-0.2, -0.15) is 0 Å². The first-order valence-electron chi connectivity index (χ1n) is 4.77. The van der Waals surface area contributed by atoms with Gasteiger partial charge in [0, 0.05) is 11.0 Å². The Morgan fingerprint density at radius 2 is 1.79 bits per heavy atom. The Morgan fingerprint density at radius 1 is 1.16 bits per heavy atom. The van der Waals surface area contributed by atoms with Gasteiger partial charge in [0.1, 0.15) is 11.1 Å². The molecule has 1 aromatic carbocycles. The number of hydrogen-bond acceptors (Lipinski definition) is 4. The van der Waals surface area contributed by atoms with Gasteiger partial charge in [0.2, 0.25) is 6.54 Å². The van der Waals surface area contributed by atoms with Crippen LogP contribution in [-0.2, 0) is 6.54 Å². The van der Waals surface area contributed by atoms with Crippen molar-refractivity contribution < 1.29 is 9.85 Å². The van der Waals surface area contributed by atoms with E-state index in [1.165, 1.54) is 6.07 Å². The fourth-order valence-electron chi connectivity index (χ4n) is 1.75. The zero-order valence-corrected chi connectivity index (χ0v) is 11.2. The molecule has 0 amide bonds. The van der Waals surface area contributed by atoms with Crippen molar-refractivity contribution in [2.45, 2.75) is 6.54 Å². The smallest absolute Gasteiger partial charge is 0.331 e. The lowest BCUT2D eigenvalue weighted by Crippen LogP contribution is -2.01. The molecule has 0 saturated heterocycles. The Bertz CT molecular complexity index is 713. The number of hydrogen-bond donors (Lipinski definition) is 1. The van der Waals surface area contributed by atoms with Gasteiger partial charge in [-0.3, -0.25) is 10.1 Å². The zero-order chi connectivity index (χ0) is 14.3. The summed E-state index contributed by atoms with van der Waals surface area (Å²) in [6.45, 7) is -0.742. The molecule has 0 aliphatic rings. The molecule has 0 spiro atoms. The van der Waals surface area contributed by atoms with Crippen LogP contribution in [0.3, 0.4) is 0 Å². The number of nitrogens with zero attached hydrogens (tertiary/aromatic N) is 2. The third kappa shape index (κ3) is 2.32. The molecule has 0 aliphatic heterocycles. The summed E-state index contributed by atoms with van der Waals surface area (Å²) in [5, 5.41) is 21.7. The molecular formula is C9H4Cl3N3O4. The van der Waals surface area contributed by atoms with Crippen molar-refractivity contribution in [3.05, 3.63) is 46.9 Å². The van der Waals surface area contributed by atoms with Crippen LogP contribution >= 0.6 is 34.8 Å². The van der Waals surface area contributed by atoms with E-state index in [1.807, 2.05) is 0 Å². The Hall–Kier alpha value is -1.57. The number of aromatic amines is 1. The number of aromatic nitrogens is 1. The number of nitro groups is 2. The third-order valence-corrected chi connectivity index (χ3v) is 3.73. The quantitative estimate of drug-likeness (QED) is 0.526. The van der Waals surface area contributed by atoms with Crippen LogP contribution in [0.1, 0.15) is 5.56 Å². The van der Waals surface area contributed by atoms with Crippen LogP contribution in [-0.4, -0.2) is 14.8 Å². The average Bonchev–Trinajstić information content (AvgIpc) is 2.64. The van der Waals surface area contributed by atoms with Crippen molar-refractivity contribution in [2.75, 3.05) is 0 Å². The van der Waals surface area contributed by atoms with Gasteiger partial charge in [-0.15, -0.1) is 0 Å². The molecule has 0 aliphatic carbocycles. The van der Waals surface area contributed by atoms with Crippen molar-refractivity contribution >= 4 is 51.5 Å². The van der Waals surface area contributed by atoms with Crippen LogP contribution in [0.25, 0.3) is 10.9 Å². The Morgan fingerprint density at radius 3 is 2.32 bits per heavy atom. The largest absolute Gasteiger partial charge is 0.358 e. The number of nitrogens with one attached hydrogen (secondary N) is 1. The van der Waals surface area contributed by atoms with E-state index in [4.69, 9.17) is 34.8 Å². The molecule has 100 valence electrons. The van der Waals surface area contributed by atoms with Gasteiger partial charge in [0.15, 0.2) is 0 Å². The van der Waals surface area contributed by atoms with Crippen LogP contribution < -0.4 is 0 Å². The van der Waals surface area contributed by atoms with E-state index in [2.05, 4.69) is 4.98 Å². The van der Waals surface area contributed by atoms with Crippen LogP contribution in [0.5, 0.6) is 0 Å². The van der Waals surface area contributed by atoms with E-state index in [9.17, 15) is 20.2 Å². The second kappa shape index (κ2) is 4.84. The molecule has 2 aromatic rings. The van der Waals surface area contributed by atoms with E-state index in [0.717, 1.165) is 0 Å². The van der Waals surface area contributed by atoms with E-state index >= 15 is 0 Å². The number of rotatable bonds is 3. The van der Waals surface area contributed by atoms with Gasteiger partial charge in [-0.25, -0.2) is 4.98 Å². The Balaban J connectivity index is 2.87. The molecule has 2 rings (SSSR count). The molecule has 0 atom stereocenters. The first kappa shape index (κ1) is 13.9. The molecule has 0 bridgehead atoms. The second-order valence-electron chi connectivity index (χ2n) is 3.61. The minimum absolute atomic E-state index is 0.00525. The lowest BCUT2D eigenvalue weighted by atomic mass is 10.1. The lowest BCUT2D eigenvalue weighted by molar-refractivity contribution is -0.498. The summed E-state index contributed by atoms with van der Waals surface area (Å²) in [6, 6.07) is 1.33. The zero-order valence-electron chi connectivity index (χ0n) is 8.95. The first-order valence-corrected chi connectivity index (χ1v) is 5.90. The number of benzene rings is 1. The maximum absolute atomic E-state index is 10.9. The maximum Gasteiger partial charge on any atom is 0.331 e. The highest BCUT2D eigenvalue weighted by Crippen LogP contribution is 2.41. The van der Waals surface area contributed by atoms with E-state index in [0.29, 0.717) is 0 Å². The monoisotopic (exact) mass is 323 g/mol. The molecule has 1 aromatic heterocycles. The normalized spacial score (nSPS) is 10.9. The minimum atomic E-state index is -0.753. The highest BCUT2D eigenvalue weighted by molar-refractivity contribution is 6.50. The van der Waals surface area contributed by atoms with Crippen LogP contribution in [0.4, 0.5) is 5.82 Å². The summed E-state index contributed by atoms with van der Waals surface area (Å²) in [6.07, 6.45) is 0. The number of H-pyrrole nitrogens is 1. The summed E-state index contributed by atoms with van der Waals surface area (Å²) in [5.74, 6) is -0.494. The molecule has 10 heteroatoms. The summed E-state index contributed by atoms with van der Waals surface area (Å²) >= 11 is 17.6. The standard InChI is InChI=1S/C9H4Cl3N3O4/c10-4-1-5-6(8(12)7(4)11)3(2-14(16)17)9(13-5)15(18)19/h1,13H,2H2. The fourth-order valence-corrected chi connectivity index (χ4v) is 2.47. The predicted molar refractivity (Wildman–Crippen MR) is 70.7 cm³/mol. The lowest BCUT2D eigenvalue weighted by Gasteiger charge is -2.00. The SMILES string of the molecule is O=[N+]([O-])Cc1c([N+](=O)[O-])[nH]c2cc(Cl)c(Cl)c(Cl)c12. The van der Waals surface area contributed by atoms with Crippen molar-refractivity contribution in [3.8, 4) is 0 Å². The molecule has 0 saturated carbocycles. The van der Waals surface area contributed by atoms with E-state index < -0.39 is 22.2 Å². The summed E-state index contributed by atoms with van der Waals surface area (Å²) in [5.41, 5.74) is 0.0940. The molecule has 0 radical (unpaired) electrons. The van der Waals surface area contributed by atoms with Gasteiger partial charge < -0.3 is 10.1 Å². The first-order chi connectivity index (χ1) is 8.82. The van der Waals surface area contributed by atoms with Gasteiger partial charge in [0.05, 0.1) is 20.5 Å². The molecule has 19 heavy (non-hydrogen) atoms. The molecule has 7 nitrogen and oxygen atoms in total. The van der Waals surface area contributed by atoms with Crippen LogP contribution in [0.2, 0.25) is 15.1 Å². The van der Waals surface area contributed by atoms with Crippen LogP contribution in [0, 0.1) is 20.2 Å². The maximum atomic E-state index is 10.9. The summed E-state index contributed by atoms with van der Waals surface area (Å²) in [7, 11) is 0. The van der Waals surface area contributed by atoms with E-state index in [-0.39, 0.29) is 31.5 Å². The van der Waals surface area contributed by atoms with Gasteiger partial charge in [0.25, 0.3) is 0 Å². The van der Waals surface area contributed by atoms with Crippen molar-refractivity contribution in [1.29, 1.82) is 0 Å². The molecule has 1 heterocycles. The number of halogens is 3. The molecular weight excluding hydrogens is 320 g/mol. The molecule has 0 fully saturated rings. The van der Waals surface area contributed by atoms with Crippen molar-refractivity contribution in [3.63, 3.8) is 0 Å². The highest BCUT2D eigenvalue weighted by atomic mass is 35.5.